The van der Waals surface area contributed by atoms with Crippen molar-refractivity contribution in [2.75, 3.05) is 20.7 Å². The molecule has 114 valence electrons. The average molecular weight is 288 g/mol. The fraction of sp³-hybridized carbons (Fsp3) is 0.412. The Balaban J connectivity index is 1.94. The van der Waals surface area contributed by atoms with Crippen molar-refractivity contribution in [3.8, 4) is 5.75 Å². The quantitative estimate of drug-likeness (QED) is 0.810. The lowest BCUT2D eigenvalue weighted by Crippen LogP contribution is -2.19. The molecule has 1 aromatic heterocycles. The van der Waals surface area contributed by atoms with E-state index in [2.05, 4.69) is 36.3 Å². The van der Waals surface area contributed by atoms with Crippen molar-refractivity contribution in [3.63, 3.8) is 0 Å². The second kappa shape index (κ2) is 7.86. The van der Waals surface area contributed by atoms with Gasteiger partial charge in [-0.3, -0.25) is 4.90 Å². The third-order valence-corrected chi connectivity index (χ3v) is 3.40. The zero-order valence-electron chi connectivity index (χ0n) is 13.1. The zero-order chi connectivity index (χ0) is 15.1. The number of nitrogens with one attached hydrogen (secondary N) is 1. The summed E-state index contributed by atoms with van der Waals surface area (Å²) in [6.45, 7) is 5.58. The van der Waals surface area contributed by atoms with Crippen LogP contribution in [0, 0.1) is 0 Å². The van der Waals surface area contributed by atoms with Crippen LogP contribution in [0.3, 0.4) is 0 Å². The predicted molar refractivity (Wildman–Crippen MR) is 84.3 cm³/mol. The van der Waals surface area contributed by atoms with Crippen LogP contribution < -0.4 is 10.1 Å². The highest BCUT2D eigenvalue weighted by Crippen LogP contribution is 2.17. The lowest BCUT2D eigenvalue weighted by molar-refractivity contribution is 0.285. The molecule has 0 amide bonds. The van der Waals surface area contributed by atoms with Gasteiger partial charge in [-0.05, 0) is 37.4 Å². The molecule has 21 heavy (non-hydrogen) atoms. The van der Waals surface area contributed by atoms with Gasteiger partial charge in [0.15, 0.2) is 0 Å². The van der Waals surface area contributed by atoms with Crippen LogP contribution in [-0.2, 0) is 19.6 Å². The van der Waals surface area contributed by atoms with Crippen molar-refractivity contribution < 1.29 is 9.15 Å². The second-order valence-corrected chi connectivity index (χ2v) is 5.17. The number of benzene rings is 1. The minimum absolute atomic E-state index is 0.797. The smallest absolute Gasteiger partial charge is 0.122 e. The molecular formula is C17H24N2O2. The normalized spacial score (nSPS) is 11.0. The summed E-state index contributed by atoms with van der Waals surface area (Å²) in [5.41, 5.74) is 2.46. The number of nitrogens with zero attached hydrogens (tertiary/aromatic N) is 1. The van der Waals surface area contributed by atoms with Crippen LogP contribution in [0.2, 0.25) is 0 Å². The van der Waals surface area contributed by atoms with Gasteiger partial charge in [0.25, 0.3) is 0 Å². The van der Waals surface area contributed by atoms with E-state index < -0.39 is 0 Å². The molecule has 0 bridgehead atoms. The van der Waals surface area contributed by atoms with Gasteiger partial charge in [-0.1, -0.05) is 19.1 Å². The predicted octanol–water partition coefficient (Wildman–Crippen LogP) is 3.03. The summed E-state index contributed by atoms with van der Waals surface area (Å²) in [7, 11) is 3.79. The maximum Gasteiger partial charge on any atom is 0.122 e. The summed E-state index contributed by atoms with van der Waals surface area (Å²) in [5.74, 6) is 1.92. The van der Waals surface area contributed by atoms with Crippen molar-refractivity contribution >= 4 is 0 Å². The van der Waals surface area contributed by atoms with Gasteiger partial charge in [0.05, 0.1) is 19.9 Å². The molecule has 2 aromatic rings. The molecular weight excluding hydrogens is 264 g/mol. The molecule has 4 nitrogen and oxygen atoms in total. The Kier molecular flexibility index (Phi) is 5.84. The number of rotatable bonds is 8. The summed E-state index contributed by atoms with van der Waals surface area (Å²) in [6, 6.07) is 10.2. The standard InChI is InChI=1S/C17H24N2O2/c1-4-18-11-15-8-9-21-17(15)13-19(2)12-14-6-5-7-16(10-14)20-3/h5-10,18H,4,11-13H2,1-3H3. The Bertz CT molecular complexity index is 551. The van der Waals surface area contributed by atoms with Crippen LogP contribution in [0.25, 0.3) is 0 Å². The maximum atomic E-state index is 5.61. The molecule has 0 fully saturated rings. The number of hydrogen-bond acceptors (Lipinski definition) is 4. The first kappa shape index (κ1) is 15.6. The van der Waals surface area contributed by atoms with Crippen LogP contribution in [0.15, 0.2) is 41.0 Å². The van der Waals surface area contributed by atoms with Crippen molar-refractivity contribution in [1.82, 2.24) is 10.2 Å². The van der Waals surface area contributed by atoms with Crippen molar-refractivity contribution in [2.24, 2.45) is 0 Å². The molecule has 0 saturated carbocycles. The van der Waals surface area contributed by atoms with E-state index in [1.54, 1.807) is 13.4 Å². The number of furan rings is 1. The third kappa shape index (κ3) is 4.62. The fourth-order valence-electron chi connectivity index (χ4n) is 2.31. The summed E-state index contributed by atoms with van der Waals surface area (Å²) >= 11 is 0. The molecule has 0 saturated heterocycles. The van der Waals surface area contributed by atoms with Gasteiger partial charge in [-0.25, -0.2) is 0 Å². The topological polar surface area (TPSA) is 37.6 Å². The van der Waals surface area contributed by atoms with Gasteiger partial charge in [0.2, 0.25) is 0 Å². The van der Waals surface area contributed by atoms with Crippen LogP contribution in [0.4, 0.5) is 0 Å². The van der Waals surface area contributed by atoms with Gasteiger partial charge >= 0.3 is 0 Å². The molecule has 0 unspecified atom stereocenters. The van der Waals surface area contributed by atoms with Gasteiger partial charge in [-0.2, -0.15) is 0 Å². The molecule has 1 aromatic carbocycles. The Labute approximate surface area is 126 Å². The first-order chi connectivity index (χ1) is 10.2. The number of ether oxygens (including phenoxy) is 1. The first-order valence-electron chi connectivity index (χ1n) is 7.30. The molecule has 2 rings (SSSR count). The highest BCUT2D eigenvalue weighted by molar-refractivity contribution is 5.28. The average Bonchev–Trinajstić information content (AvgIpc) is 2.92. The van der Waals surface area contributed by atoms with Crippen LogP contribution in [0.5, 0.6) is 5.75 Å². The summed E-state index contributed by atoms with van der Waals surface area (Å²) in [6.07, 6.45) is 1.77. The molecule has 0 aliphatic heterocycles. The Morgan fingerprint density at radius 3 is 2.86 bits per heavy atom. The number of hydrogen-bond donors (Lipinski definition) is 1. The minimum atomic E-state index is 0.797. The zero-order valence-corrected chi connectivity index (χ0v) is 13.1. The maximum absolute atomic E-state index is 5.61. The Hall–Kier alpha value is -1.78. The largest absolute Gasteiger partial charge is 0.497 e. The molecule has 0 radical (unpaired) electrons. The molecule has 1 N–H and O–H groups in total. The highest BCUT2D eigenvalue weighted by Gasteiger charge is 2.09. The lowest BCUT2D eigenvalue weighted by Gasteiger charge is -2.16. The van der Waals surface area contributed by atoms with Gasteiger partial charge in [-0.15, -0.1) is 0 Å². The molecule has 4 heteroatoms. The van der Waals surface area contributed by atoms with E-state index in [1.807, 2.05) is 18.2 Å². The van der Waals surface area contributed by atoms with Crippen molar-refractivity contribution in [1.29, 1.82) is 0 Å². The molecule has 1 heterocycles. The first-order valence-corrected chi connectivity index (χ1v) is 7.30. The van der Waals surface area contributed by atoms with Crippen molar-refractivity contribution in [3.05, 3.63) is 53.5 Å². The van der Waals surface area contributed by atoms with E-state index >= 15 is 0 Å². The molecule has 0 aliphatic carbocycles. The third-order valence-electron chi connectivity index (χ3n) is 3.40. The van der Waals surface area contributed by atoms with E-state index in [-0.39, 0.29) is 0 Å². The molecule has 0 aliphatic rings. The van der Waals surface area contributed by atoms with Crippen LogP contribution >= 0.6 is 0 Å². The summed E-state index contributed by atoms with van der Waals surface area (Å²) < 4.78 is 10.9. The van der Waals surface area contributed by atoms with E-state index in [0.29, 0.717) is 0 Å². The number of methoxy groups -OCH3 is 1. The molecule has 0 atom stereocenters. The monoisotopic (exact) mass is 288 g/mol. The van der Waals surface area contributed by atoms with Crippen LogP contribution in [0.1, 0.15) is 23.8 Å². The van der Waals surface area contributed by atoms with Gasteiger partial charge < -0.3 is 14.5 Å². The van der Waals surface area contributed by atoms with Crippen molar-refractivity contribution in [2.45, 2.75) is 26.6 Å². The Morgan fingerprint density at radius 1 is 1.24 bits per heavy atom. The summed E-state index contributed by atoms with van der Waals surface area (Å²) in [4.78, 5) is 2.24. The summed E-state index contributed by atoms with van der Waals surface area (Å²) in [5, 5.41) is 3.33. The minimum Gasteiger partial charge on any atom is -0.497 e. The second-order valence-electron chi connectivity index (χ2n) is 5.17. The van der Waals surface area contributed by atoms with E-state index in [4.69, 9.17) is 9.15 Å². The van der Waals surface area contributed by atoms with E-state index in [0.717, 1.165) is 37.7 Å². The fourth-order valence-corrected chi connectivity index (χ4v) is 2.31. The van der Waals surface area contributed by atoms with Gasteiger partial charge in [0, 0.05) is 18.7 Å². The van der Waals surface area contributed by atoms with E-state index in [9.17, 15) is 0 Å². The highest BCUT2D eigenvalue weighted by atomic mass is 16.5. The SMILES string of the molecule is CCNCc1ccoc1CN(C)Cc1cccc(OC)c1. The van der Waals surface area contributed by atoms with E-state index in [1.165, 1.54) is 11.1 Å². The lowest BCUT2D eigenvalue weighted by atomic mass is 10.2. The van der Waals surface area contributed by atoms with Crippen LogP contribution in [-0.4, -0.2) is 25.6 Å². The Morgan fingerprint density at radius 2 is 2.10 bits per heavy atom. The molecule has 0 spiro atoms. The van der Waals surface area contributed by atoms with Gasteiger partial charge in [0.1, 0.15) is 11.5 Å².